The van der Waals surface area contributed by atoms with Crippen molar-refractivity contribution in [3.63, 3.8) is 0 Å². The van der Waals surface area contributed by atoms with Crippen LogP contribution in [0.2, 0.25) is 0 Å². The molecule has 0 N–H and O–H groups in total. The SMILES string of the molecule is CC(=O)OC[C@H]1O[C@H](c2ccc(C#N)cc2)[C@H](OC(C)=O)[C@@H](OC(C)=O)[C@@H]1OC(C)=O. The lowest BCUT2D eigenvalue weighted by Crippen LogP contribution is -2.59. The molecule has 1 aliphatic rings. The molecule has 5 atom stereocenters. The molecule has 31 heavy (non-hydrogen) atoms. The van der Waals surface area contributed by atoms with Crippen molar-refractivity contribution in [2.24, 2.45) is 0 Å². The van der Waals surface area contributed by atoms with Gasteiger partial charge in [-0.2, -0.15) is 5.26 Å². The molecule has 1 heterocycles. The number of ether oxygens (including phenoxy) is 5. The first-order chi connectivity index (χ1) is 14.6. The van der Waals surface area contributed by atoms with Crippen molar-refractivity contribution in [2.45, 2.75) is 58.2 Å². The lowest BCUT2D eigenvalue weighted by molar-refractivity contribution is -0.254. The maximum atomic E-state index is 11.8. The molecule has 1 saturated heterocycles. The highest BCUT2D eigenvalue weighted by Gasteiger charge is 2.52. The normalized spacial score (nSPS) is 24.9. The van der Waals surface area contributed by atoms with Crippen molar-refractivity contribution in [1.82, 2.24) is 0 Å². The predicted octanol–water partition coefficient (Wildman–Crippen LogP) is 1.36. The summed E-state index contributed by atoms with van der Waals surface area (Å²) in [5, 5.41) is 9.03. The number of esters is 4. The summed E-state index contributed by atoms with van der Waals surface area (Å²) in [5.41, 5.74) is 0.908. The topological polar surface area (TPSA) is 138 Å². The lowest BCUT2D eigenvalue weighted by Gasteiger charge is -2.44. The average Bonchev–Trinajstić information content (AvgIpc) is 2.68. The van der Waals surface area contributed by atoms with Crippen LogP contribution in [-0.2, 0) is 42.9 Å². The average molecular weight is 433 g/mol. The van der Waals surface area contributed by atoms with E-state index in [0.29, 0.717) is 11.1 Å². The van der Waals surface area contributed by atoms with E-state index >= 15 is 0 Å². The molecular formula is C21H23NO9. The number of hydrogen-bond acceptors (Lipinski definition) is 10. The van der Waals surface area contributed by atoms with Gasteiger partial charge in [-0.05, 0) is 17.7 Å². The van der Waals surface area contributed by atoms with Crippen molar-refractivity contribution in [1.29, 1.82) is 5.26 Å². The zero-order valence-electron chi connectivity index (χ0n) is 17.5. The standard InChI is InChI=1S/C21H23NO9/c1-11(23)27-10-17-19(28-12(2)24)21(30-14(4)26)20(29-13(3)25)18(31-17)16-7-5-15(9-22)6-8-16/h5-8,17-21H,10H2,1-4H3/t17-,18-,19-,20+,21+/m1/s1. The fourth-order valence-electron chi connectivity index (χ4n) is 3.24. The molecule has 0 spiro atoms. The maximum Gasteiger partial charge on any atom is 0.303 e. The molecule has 1 fully saturated rings. The molecule has 10 heteroatoms. The fraction of sp³-hybridized carbons (Fsp3) is 0.476. The summed E-state index contributed by atoms with van der Waals surface area (Å²) in [7, 11) is 0. The Morgan fingerprint density at radius 2 is 1.35 bits per heavy atom. The van der Waals surface area contributed by atoms with Crippen LogP contribution in [0.25, 0.3) is 0 Å². The van der Waals surface area contributed by atoms with E-state index in [2.05, 4.69) is 0 Å². The smallest absolute Gasteiger partial charge is 0.303 e. The van der Waals surface area contributed by atoms with Crippen LogP contribution < -0.4 is 0 Å². The molecule has 1 aromatic carbocycles. The van der Waals surface area contributed by atoms with Gasteiger partial charge in [0.1, 0.15) is 18.8 Å². The second-order valence-electron chi connectivity index (χ2n) is 6.85. The Morgan fingerprint density at radius 3 is 1.84 bits per heavy atom. The van der Waals surface area contributed by atoms with Gasteiger partial charge in [0.2, 0.25) is 0 Å². The Hall–Kier alpha value is -3.45. The minimum absolute atomic E-state index is 0.301. The maximum absolute atomic E-state index is 11.8. The highest BCUT2D eigenvalue weighted by molar-refractivity contribution is 5.68. The van der Waals surface area contributed by atoms with Crippen molar-refractivity contribution >= 4 is 23.9 Å². The first-order valence-electron chi connectivity index (χ1n) is 9.43. The predicted molar refractivity (Wildman–Crippen MR) is 102 cm³/mol. The third-order valence-electron chi connectivity index (χ3n) is 4.36. The first-order valence-corrected chi connectivity index (χ1v) is 9.43. The van der Waals surface area contributed by atoms with Crippen LogP contribution in [0.3, 0.4) is 0 Å². The van der Waals surface area contributed by atoms with Crippen LogP contribution >= 0.6 is 0 Å². The summed E-state index contributed by atoms with van der Waals surface area (Å²) in [6.45, 7) is 4.38. The zero-order valence-corrected chi connectivity index (χ0v) is 17.5. The van der Waals surface area contributed by atoms with Crippen molar-refractivity contribution < 1.29 is 42.9 Å². The minimum Gasteiger partial charge on any atom is -0.463 e. The molecule has 0 radical (unpaired) electrons. The highest BCUT2D eigenvalue weighted by atomic mass is 16.7. The van der Waals surface area contributed by atoms with Gasteiger partial charge >= 0.3 is 23.9 Å². The molecule has 166 valence electrons. The number of benzene rings is 1. The Kier molecular flexibility index (Phi) is 8.10. The van der Waals surface area contributed by atoms with Gasteiger partial charge in [0.25, 0.3) is 0 Å². The van der Waals surface area contributed by atoms with Gasteiger partial charge in [-0.3, -0.25) is 19.2 Å². The third-order valence-corrected chi connectivity index (χ3v) is 4.36. The molecule has 1 aromatic rings. The van der Waals surface area contributed by atoms with E-state index in [0.717, 1.165) is 13.8 Å². The third kappa shape index (κ3) is 6.52. The van der Waals surface area contributed by atoms with Crippen LogP contribution in [0.5, 0.6) is 0 Å². The Balaban J connectivity index is 2.53. The van der Waals surface area contributed by atoms with Crippen molar-refractivity contribution in [2.75, 3.05) is 6.61 Å². The molecular weight excluding hydrogens is 410 g/mol. The van der Waals surface area contributed by atoms with Gasteiger partial charge in [-0.1, -0.05) is 12.1 Å². The number of carbonyl (C=O) groups excluding carboxylic acids is 4. The lowest BCUT2D eigenvalue weighted by atomic mass is 9.90. The number of nitriles is 1. The number of hydrogen-bond donors (Lipinski definition) is 0. The summed E-state index contributed by atoms with van der Waals surface area (Å²) in [6, 6.07) is 8.28. The van der Waals surface area contributed by atoms with Crippen LogP contribution in [0, 0.1) is 11.3 Å². The second kappa shape index (κ2) is 10.5. The minimum atomic E-state index is -1.24. The molecule has 2 rings (SSSR count). The van der Waals surface area contributed by atoms with E-state index in [1.807, 2.05) is 6.07 Å². The molecule has 0 aliphatic carbocycles. The van der Waals surface area contributed by atoms with E-state index in [9.17, 15) is 19.2 Å². The molecule has 10 nitrogen and oxygen atoms in total. The zero-order chi connectivity index (χ0) is 23.1. The van der Waals surface area contributed by atoms with E-state index in [1.165, 1.54) is 13.8 Å². The molecule has 0 bridgehead atoms. The molecule has 0 saturated carbocycles. The molecule has 0 amide bonds. The Labute approximate surface area is 179 Å². The monoisotopic (exact) mass is 433 g/mol. The van der Waals surface area contributed by atoms with Crippen molar-refractivity contribution in [3.8, 4) is 6.07 Å². The van der Waals surface area contributed by atoms with Crippen LogP contribution in [0.1, 0.15) is 44.9 Å². The van der Waals surface area contributed by atoms with E-state index in [1.54, 1.807) is 24.3 Å². The van der Waals surface area contributed by atoms with Gasteiger partial charge in [0.15, 0.2) is 18.3 Å². The van der Waals surface area contributed by atoms with Crippen LogP contribution in [0.15, 0.2) is 24.3 Å². The van der Waals surface area contributed by atoms with Crippen LogP contribution in [0.4, 0.5) is 0 Å². The summed E-state index contributed by atoms with van der Waals surface area (Å²) >= 11 is 0. The summed E-state index contributed by atoms with van der Waals surface area (Å²) < 4.78 is 27.2. The molecule has 0 aromatic heterocycles. The van der Waals surface area contributed by atoms with E-state index < -0.39 is 54.4 Å². The summed E-state index contributed by atoms with van der Waals surface area (Å²) in [6.07, 6.45) is -5.61. The number of carbonyl (C=O) groups is 4. The molecule has 0 unspecified atom stereocenters. The largest absolute Gasteiger partial charge is 0.463 e. The summed E-state index contributed by atoms with van der Waals surface area (Å²) in [5.74, 6) is -2.67. The number of nitrogens with zero attached hydrogens (tertiary/aromatic N) is 1. The van der Waals surface area contributed by atoms with Gasteiger partial charge in [-0.15, -0.1) is 0 Å². The van der Waals surface area contributed by atoms with Gasteiger partial charge in [0.05, 0.1) is 11.6 Å². The van der Waals surface area contributed by atoms with Gasteiger partial charge in [-0.25, -0.2) is 0 Å². The Morgan fingerprint density at radius 1 is 0.839 bits per heavy atom. The number of rotatable bonds is 6. The fourth-order valence-corrected chi connectivity index (χ4v) is 3.24. The Bertz CT molecular complexity index is 874. The van der Waals surface area contributed by atoms with Crippen LogP contribution in [-0.4, -0.2) is 54.9 Å². The summed E-state index contributed by atoms with van der Waals surface area (Å²) in [4.78, 5) is 46.7. The van der Waals surface area contributed by atoms with Gasteiger partial charge < -0.3 is 23.7 Å². The van der Waals surface area contributed by atoms with E-state index in [4.69, 9.17) is 28.9 Å². The quantitative estimate of drug-likeness (QED) is 0.477. The van der Waals surface area contributed by atoms with Crippen molar-refractivity contribution in [3.05, 3.63) is 35.4 Å². The molecule has 1 aliphatic heterocycles. The second-order valence-corrected chi connectivity index (χ2v) is 6.85. The first kappa shape index (κ1) is 23.8. The highest BCUT2D eigenvalue weighted by Crippen LogP contribution is 2.37. The van der Waals surface area contributed by atoms with E-state index in [-0.39, 0.29) is 6.61 Å². The van der Waals surface area contributed by atoms with Gasteiger partial charge in [0, 0.05) is 27.7 Å².